The summed E-state index contributed by atoms with van der Waals surface area (Å²) in [6.07, 6.45) is 16.5. The minimum Gasteiger partial charge on any atom is -0.507 e. The first kappa shape index (κ1) is 40.4. The largest absolute Gasteiger partial charge is 0.507 e. The molecule has 3 aliphatic rings. The Labute approximate surface area is 334 Å². The van der Waals surface area contributed by atoms with Crippen LogP contribution in [-0.2, 0) is 30.7 Å². The smallest absolute Gasteiger partial charge is 0.124 e. The maximum Gasteiger partial charge on any atom is 0.124 e. The number of aliphatic hydroxyl groups excluding tert-OH is 3. The SMILES string of the molecule is CC(C)(c1ccc(C(C)(c2cc(CO)c(O)c(C3CCCCC3)c2)c2cc(CO)c(O)c(C3CCCCC3)c2)cc1)c1cc(CO)c(O)c(C2CCCCC2)c1. The number of hydrogen-bond acceptors (Lipinski definition) is 6. The molecule has 0 aliphatic heterocycles. The number of benzene rings is 4. The molecule has 56 heavy (non-hydrogen) atoms. The van der Waals surface area contributed by atoms with Gasteiger partial charge in [0.1, 0.15) is 17.2 Å². The fraction of sp³-hybridized carbons (Fsp3) is 0.520. The van der Waals surface area contributed by atoms with Gasteiger partial charge >= 0.3 is 0 Å². The van der Waals surface area contributed by atoms with Crippen LogP contribution in [0.2, 0.25) is 0 Å². The van der Waals surface area contributed by atoms with Gasteiger partial charge in [-0.1, -0.05) is 114 Å². The van der Waals surface area contributed by atoms with E-state index in [-0.39, 0.29) is 54.8 Å². The van der Waals surface area contributed by atoms with Crippen molar-refractivity contribution in [3.8, 4) is 17.2 Å². The van der Waals surface area contributed by atoms with Crippen molar-refractivity contribution in [3.63, 3.8) is 0 Å². The van der Waals surface area contributed by atoms with Crippen molar-refractivity contribution in [2.24, 2.45) is 0 Å². The highest BCUT2D eigenvalue weighted by Gasteiger charge is 2.37. The Morgan fingerprint density at radius 2 is 0.714 bits per heavy atom. The normalized spacial score (nSPS) is 18.0. The molecule has 300 valence electrons. The van der Waals surface area contributed by atoms with E-state index in [0.29, 0.717) is 16.7 Å². The van der Waals surface area contributed by atoms with Crippen molar-refractivity contribution >= 4 is 0 Å². The maximum atomic E-state index is 11.5. The van der Waals surface area contributed by atoms with Crippen molar-refractivity contribution in [1.82, 2.24) is 0 Å². The first-order valence-corrected chi connectivity index (χ1v) is 21.5. The second-order valence-electron chi connectivity index (χ2n) is 18.0. The zero-order valence-corrected chi connectivity index (χ0v) is 33.9. The van der Waals surface area contributed by atoms with Crippen molar-refractivity contribution in [1.29, 1.82) is 0 Å². The van der Waals surface area contributed by atoms with Crippen LogP contribution in [0.25, 0.3) is 0 Å². The summed E-state index contributed by atoms with van der Waals surface area (Å²) >= 11 is 0. The first-order chi connectivity index (χ1) is 27.0. The monoisotopic (exact) mass is 760 g/mol. The molecule has 4 aromatic rings. The van der Waals surface area contributed by atoms with Crippen LogP contribution in [0, 0.1) is 0 Å². The summed E-state index contributed by atoms with van der Waals surface area (Å²) in [6, 6.07) is 21.1. The minimum absolute atomic E-state index is 0.191. The first-order valence-electron chi connectivity index (χ1n) is 21.5. The molecular formula is C50H64O6. The molecule has 0 amide bonds. The summed E-state index contributed by atoms with van der Waals surface area (Å²) in [5.41, 5.74) is 8.22. The number of phenols is 3. The third-order valence-electron chi connectivity index (χ3n) is 14.4. The minimum atomic E-state index is -0.776. The van der Waals surface area contributed by atoms with Crippen molar-refractivity contribution < 1.29 is 30.6 Å². The molecule has 3 fully saturated rings. The Balaban J connectivity index is 1.38. The van der Waals surface area contributed by atoms with E-state index in [1.54, 1.807) is 0 Å². The molecule has 6 nitrogen and oxygen atoms in total. The number of aromatic hydroxyl groups is 3. The molecule has 6 heteroatoms. The number of aliphatic hydroxyl groups is 3. The molecule has 0 atom stereocenters. The molecule has 3 saturated carbocycles. The van der Waals surface area contributed by atoms with Crippen LogP contribution in [0.15, 0.2) is 60.7 Å². The van der Waals surface area contributed by atoms with Crippen LogP contribution in [0.5, 0.6) is 17.2 Å². The summed E-state index contributed by atoms with van der Waals surface area (Å²) in [5.74, 6) is 1.32. The Morgan fingerprint density at radius 3 is 1.05 bits per heavy atom. The molecule has 0 aromatic heterocycles. The van der Waals surface area contributed by atoms with Gasteiger partial charge in [0.05, 0.1) is 19.8 Å². The summed E-state index contributed by atoms with van der Waals surface area (Å²) < 4.78 is 0. The maximum absolute atomic E-state index is 11.5. The van der Waals surface area contributed by atoms with Gasteiger partial charge in [0.2, 0.25) is 0 Å². The summed E-state index contributed by atoms with van der Waals surface area (Å²) in [4.78, 5) is 0. The van der Waals surface area contributed by atoms with Crippen molar-refractivity contribution in [2.45, 2.75) is 165 Å². The molecule has 0 bridgehead atoms. The van der Waals surface area contributed by atoms with E-state index in [1.807, 2.05) is 18.2 Å². The quantitative estimate of drug-likeness (QED) is 0.0847. The Kier molecular flexibility index (Phi) is 12.2. The van der Waals surface area contributed by atoms with Crippen LogP contribution in [0.1, 0.15) is 196 Å². The van der Waals surface area contributed by atoms with Crippen LogP contribution in [-0.4, -0.2) is 30.6 Å². The lowest BCUT2D eigenvalue weighted by molar-refractivity contribution is 0.273. The molecular weight excluding hydrogens is 697 g/mol. The third-order valence-corrected chi connectivity index (χ3v) is 14.4. The van der Waals surface area contributed by atoms with E-state index in [2.05, 4.69) is 63.2 Å². The summed E-state index contributed by atoms with van der Waals surface area (Å²) in [6.45, 7) is 5.83. The average Bonchev–Trinajstić information content (AvgIpc) is 3.24. The topological polar surface area (TPSA) is 121 Å². The molecule has 0 saturated heterocycles. The zero-order valence-electron chi connectivity index (χ0n) is 33.9. The predicted molar refractivity (Wildman–Crippen MR) is 224 cm³/mol. The third kappa shape index (κ3) is 7.62. The lowest BCUT2D eigenvalue weighted by Crippen LogP contribution is -2.28. The van der Waals surface area contributed by atoms with E-state index in [0.717, 1.165) is 122 Å². The van der Waals surface area contributed by atoms with Gasteiger partial charge in [-0.05, 0) is 126 Å². The Hall–Kier alpha value is -3.84. The van der Waals surface area contributed by atoms with Gasteiger partial charge in [-0.25, -0.2) is 0 Å². The van der Waals surface area contributed by atoms with Gasteiger partial charge in [0.15, 0.2) is 0 Å². The Morgan fingerprint density at radius 1 is 0.411 bits per heavy atom. The standard InChI is InChI=1S/C50H64O6/c1-49(2,40-23-35(29-51)46(54)43(26-40)32-13-7-4-8-14-32)38-19-21-39(22-20-38)50(3,41-24-36(30-52)47(55)44(27-41)33-15-9-5-10-16-33)42-25-37(31-53)48(56)45(28-42)34-17-11-6-12-18-34/h19-28,32-34,51-56H,4-18,29-31H2,1-3H3. The van der Waals surface area contributed by atoms with E-state index < -0.39 is 10.8 Å². The van der Waals surface area contributed by atoms with Gasteiger partial charge in [-0.2, -0.15) is 0 Å². The van der Waals surface area contributed by atoms with Gasteiger partial charge in [-0.3, -0.25) is 0 Å². The fourth-order valence-electron chi connectivity index (χ4n) is 10.5. The highest BCUT2D eigenvalue weighted by Crippen LogP contribution is 2.49. The van der Waals surface area contributed by atoms with E-state index >= 15 is 0 Å². The van der Waals surface area contributed by atoms with Crippen LogP contribution >= 0.6 is 0 Å². The van der Waals surface area contributed by atoms with Crippen molar-refractivity contribution in [2.75, 3.05) is 0 Å². The molecule has 0 spiro atoms. The second kappa shape index (κ2) is 16.9. The molecule has 0 radical (unpaired) electrons. The lowest BCUT2D eigenvalue weighted by atomic mass is 9.67. The summed E-state index contributed by atoms with van der Waals surface area (Å²) in [7, 11) is 0. The highest BCUT2D eigenvalue weighted by molar-refractivity contribution is 5.59. The van der Waals surface area contributed by atoms with Gasteiger partial charge in [0.25, 0.3) is 0 Å². The van der Waals surface area contributed by atoms with Crippen molar-refractivity contribution in [3.05, 3.63) is 122 Å². The molecule has 3 aliphatic carbocycles. The van der Waals surface area contributed by atoms with E-state index in [9.17, 15) is 30.6 Å². The molecule has 0 heterocycles. The number of rotatable bonds is 11. The molecule has 4 aromatic carbocycles. The van der Waals surface area contributed by atoms with Gasteiger partial charge in [-0.15, -0.1) is 0 Å². The zero-order chi connectivity index (χ0) is 39.6. The van der Waals surface area contributed by atoms with E-state index in [4.69, 9.17) is 0 Å². The van der Waals surface area contributed by atoms with E-state index in [1.165, 1.54) is 19.3 Å². The summed E-state index contributed by atoms with van der Waals surface area (Å²) in [5, 5.41) is 65.9. The van der Waals surface area contributed by atoms with Gasteiger partial charge < -0.3 is 30.6 Å². The number of hydrogen-bond donors (Lipinski definition) is 6. The molecule has 7 rings (SSSR count). The van der Waals surface area contributed by atoms with Crippen LogP contribution in [0.3, 0.4) is 0 Å². The lowest BCUT2D eigenvalue weighted by Gasteiger charge is -2.36. The predicted octanol–water partition coefficient (Wildman–Crippen LogP) is 11.1. The van der Waals surface area contributed by atoms with Crippen LogP contribution in [0.4, 0.5) is 0 Å². The molecule has 0 unspecified atom stereocenters. The molecule has 6 N–H and O–H groups in total. The fourth-order valence-corrected chi connectivity index (χ4v) is 10.5. The second-order valence-corrected chi connectivity index (χ2v) is 18.0. The average molecular weight is 761 g/mol. The van der Waals surface area contributed by atoms with Gasteiger partial charge in [0, 0.05) is 27.5 Å². The Bertz CT molecular complexity index is 1900. The van der Waals surface area contributed by atoms with Crippen LogP contribution < -0.4 is 0 Å². The highest BCUT2D eigenvalue weighted by atomic mass is 16.3.